The highest BCUT2D eigenvalue weighted by atomic mass is 16.2. The topological polar surface area (TPSA) is 92.3 Å². The second kappa shape index (κ2) is 8.85. The zero-order valence-electron chi connectivity index (χ0n) is 19.3. The van der Waals surface area contributed by atoms with Crippen LogP contribution in [0.3, 0.4) is 0 Å². The van der Waals surface area contributed by atoms with Gasteiger partial charge in [-0.3, -0.25) is 14.4 Å². The first kappa shape index (κ1) is 21.9. The summed E-state index contributed by atoms with van der Waals surface area (Å²) in [5, 5.41) is 3.10. The van der Waals surface area contributed by atoms with Gasteiger partial charge in [0.25, 0.3) is 17.7 Å². The van der Waals surface area contributed by atoms with Crippen molar-refractivity contribution in [2.24, 2.45) is 0 Å². The highest BCUT2D eigenvalue weighted by molar-refractivity contribution is 6.34. The number of anilines is 1. The fourth-order valence-corrected chi connectivity index (χ4v) is 4.84. The van der Waals surface area contributed by atoms with Gasteiger partial charge in [-0.25, -0.2) is 14.9 Å². The normalized spacial score (nSPS) is 16.4. The third kappa shape index (κ3) is 3.84. The molecule has 7 nitrogen and oxygen atoms in total. The zero-order valence-corrected chi connectivity index (χ0v) is 19.3. The molecule has 2 heterocycles. The van der Waals surface area contributed by atoms with Crippen LogP contribution in [0.1, 0.15) is 48.8 Å². The molecule has 0 spiro atoms. The number of aryl methyl sites for hydroxylation is 1. The summed E-state index contributed by atoms with van der Waals surface area (Å²) in [6, 6.07) is 23.2. The number of rotatable bonds is 4. The summed E-state index contributed by atoms with van der Waals surface area (Å²) in [7, 11) is 0. The molecule has 176 valence electrons. The van der Waals surface area contributed by atoms with Gasteiger partial charge in [-0.05, 0) is 55.2 Å². The van der Waals surface area contributed by atoms with Crippen LogP contribution in [-0.2, 0) is 12.8 Å². The van der Waals surface area contributed by atoms with Gasteiger partial charge >= 0.3 is 0 Å². The van der Waals surface area contributed by atoms with Crippen molar-refractivity contribution < 1.29 is 14.4 Å². The maximum atomic E-state index is 13.1. The lowest BCUT2D eigenvalue weighted by atomic mass is 9.92. The average Bonchev–Trinajstić information content (AvgIpc) is 3.18. The summed E-state index contributed by atoms with van der Waals surface area (Å²) in [5.74, 6) is -0.302. The Morgan fingerprint density at radius 2 is 1.61 bits per heavy atom. The van der Waals surface area contributed by atoms with Crippen molar-refractivity contribution in [2.45, 2.75) is 25.3 Å². The zero-order chi connectivity index (χ0) is 24.6. The van der Waals surface area contributed by atoms with Gasteiger partial charge in [0.2, 0.25) is 0 Å². The molecule has 0 saturated heterocycles. The molecule has 1 atom stereocenters. The quantitative estimate of drug-likeness (QED) is 0.447. The van der Waals surface area contributed by atoms with Crippen molar-refractivity contribution in [1.82, 2.24) is 15.3 Å². The summed E-state index contributed by atoms with van der Waals surface area (Å²) >= 11 is 0. The fraction of sp³-hybridized carbons (Fsp3) is 0.138. The lowest BCUT2D eigenvalue weighted by Gasteiger charge is -2.25. The largest absolute Gasteiger partial charge is 0.349 e. The number of nitrogens with one attached hydrogen (secondary N) is 1. The molecule has 0 bridgehead atoms. The molecule has 0 saturated carbocycles. The van der Waals surface area contributed by atoms with Gasteiger partial charge in [0.1, 0.15) is 0 Å². The van der Waals surface area contributed by atoms with E-state index in [-0.39, 0.29) is 23.8 Å². The second-order valence-corrected chi connectivity index (χ2v) is 8.99. The lowest BCUT2D eigenvalue weighted by Crippen LogP contribution is -2.39. The van der Waals surface area contributed by atoms with E-state index in [1.807, 2.05) is 36.5 Å². The number of benzene rings is 3. The number of carbonyl (C=O) groups is 3. The van der Waals surface area contributed by atoms with Crippen molar-refractivity contribution in [2.75, 3.05) is 4.90 Å². The minimum atomic E-state index is -0.382. The highest BCUT2D eigenvalue weighted by Gasteiger charge is 2.36. The standard InChI is InChI=1S/C29H22N4O3/c34-27(19-9-6-10-22(16-19)33-28(35)23-11-4-5-12-24(23)29(33)36)31-21-13-14-25-20(15-21)17-30-26(32-25)18-7-2-1-3-8-18/h1-12,16-17,21H,13-15H2,(H,31,34). The van der Waals surface area contributed by atoms with Gasteiger partial charge in [0.05, 0.1) is 16.8 Å². The number of hydrogen-bond acceptors (Lipinski definition) is 5. The Bertz CT molecular complexity index is 1480. The predicted molar refractivity (Wildman–Crippen MR) is 135 cm³/mol. The van der Waals surface area contributed by atoms with E-state index in [0.29, 0.717) is 34.6 Å². The third-order valence-electron chi connectivity index (χ3n) is 6.68. The van der Waals surface area contributed by atoms with Gasteiger partial charge < -0.3 is 5.32 Å². The van der Waals surface area contributed by atoms with Crippen LogP contribution in [0.15, 0.2) is 85.1 Å². The lowest BCUT2D eigenvalue weighted by molar-refractivity contribution is 0.0914. The molecule has 0 fully saturated rings. The van der Waals surface area contributed by atoms with Gasteiger partial charge in [0, 0.05) is 29.1 Å². The van der Waals surface area contributed by atoms with E-state index < -0.39 is 0 Å². The molecule has 0 radical (unpaired) electrons. The summed E-state index contributed by atoms with van der Waals surface area (Å²) in [5.41, 5.74) is 4.54. The van der Waals surface area contributed by atoms with Gasteiger partial charge in [0.15, 0.2) is 5.82 Å². The number of carbonyl (C=O) groups excluding carboxylic acids is 3. The second-order valence-electron chi connectivity index (χ2n) is 8.99. The molecule has 1 N–H and O–H groups in total. The number of imide groups is 1. The van der Waals surface area contributed by atoms with Crippen molar-refractivity contribution in [3.63, 3.8) is 0 Å². The molecule has 6 rings (SSSR count). The van der Waals surface area contributed by atoms with E-state index in [4.69, 9.17) is 4.98 Å². The first-order valence-electron chi connectivity index (χ1n) is 11.9. The maximum Gasteiger partial charge on any atom is 0.266 e. The minimum Gasteiger partial charge on any atom is -0.349 e. The fourth-order valence-electron chi connectivity index (χ4n) is 4.84. The molecular weight excluding hydrogens is 452 g/mol. The summed E-state index contributed by atoms with van der Waals surface area (Å²) in [6.45, 7) is 0. The maximum absolute atomic E-state index is 13.1. The van der Waals surface area contributed by atoms with E-state index >= 15 is 0 Å². The Morgan fingerprint density at radius 1 is 0.889 bits per heavy atom. The van der Waals surface area contributed by atoms with Crippen LogP contribution in [-0.4, -0.2) is 33.7 Å². The Balaban J connectivity index is 1.17. The average molecular weight is 475 g/mol. The van der Waals surface area contributed by atoms with Crippen LogP contribution < -0.4 is 10.2 Å². The minimum absolute atomic E-state index is 0.0564. The molecular formula is C29H22N4O3. The molecule has 7 heteroatoms. The van der Waals surface area contributed by atoms with Gasteiger partial charge in [-0.15, -0.1) is 0 Å². The summed E-state index contributed by atoms with van der Waals surface area (Å²) < 4.78 is 0. The van der Waals surface area contributed by atoms with Crippen LogP contribution >= 0.6 is 0 Å². The van der Waals surface area contributed by atoms with Gasteiger partial charge in [-0.2, -0.15) is 0 Å². The first-order valence-corrected chi connectivity index (χ1v) is 11.9. The molecule has 1 unspecified atom stereocenters. The third-order valence-corrected chi connectivity index (χ3v) is 6.68. The summed E-state index contributed by atoms with van der Waals surface area (Å²) in [6.07, 6.45) is 4.01. The number of hydrogen-bond donors (Lipinski definition) is 1. The van der Waals surface area contributed by atoms with Crippen molar-refractivity contribution in [3.8, 4) is 11.4 Å². The Morgan fingerprint density at radius 3 is 2.36 bits per heavy atom. The molecule has 3 amide bonds. The van der Waals surface area contributed by atoms with E-state index in [1.165, 1.54) is 0 Å². The number of amides is 3. The van der Waals surface area contributed by atoms with Crippen molar-refractivity contribution >= 4 is 23.4 Å². The van der Waals surface area contributed by atoms with E-state index in [9.17, 15) is 14.4 Å². The Kier molecular flexibility index (Phi) is 5.37. The number of nitrogens with zero attached hydrogens (tertiary/aromatic N) is 3. The SMILES string of the molecule is O=C(NC1CCc2nc(-c3ccccc3)ncc2C1)c1cccc(N2C(=O)c3ccccc3C2=O)c1. The molecule has 3 aromatic carbocycles. The van der Waals surface area contributed by atoms with Crippen LogP contribution in [0.4, 0.5) is 5.69 Å². The predicted octanol–water partition coefficient (Wildman–Crippen LogP) is 4.23. The van der Waals surface area contributed by atoms with Crippen LogP contribution in [0.25, 0.3) is 11.4 Å². The molecule has 1 aliphatic carbocycles. The summed E-state index contributed by atoms with van der Waals surface area (Å²) in [4.78, 5) is 49.1. The molecule has 1 aromatic heterocycles. The molecule has 4 aromatic rings. The highest BCUT2D eigenvalue weighted by Crippen LogP contribution is 2.29. The first-order chi connectivity index (χ1) is 17.6. The van der Waals surface area contributed by atoms with Crippen LogP contribution in [0.2, 0.25) is 0 Å². The Hall–Kier alpha value is -4.65. The monoisotopic (exact) mass is 474 g/mol. The van der Waals surface area contributed by atoms with Gasteiger partial charge in [-0.1, -0.05) is 48.5 Å². The van der Waals surface area contributed by atoms with Crippen molar-refractivity contribution in [3.05, 3.63) is 113 Å². The van der Waals surface area contributed by atoms with Crippen molar-refractivity contribution in [1.29, 1.82) is 0 Å². The molecule has 36 heavy (non-hydrogen) atoms. The smallest absolute Gasteiger partial charge is 0.266 e. The Labute approximate surface area is 207 Å². The molecule has 1 aliphatic heterocycles. The van der Waals surface area contributed by atoms with Crippen LogP contribution in [0, 0.1) is 0 Å². The molecule has 2 aliphatic rings. The van der Waals surface area contributed by atoms with Crippen LogP contribution in [0.5, 0.6) is 0 Å². The number of fused-ring (bicyclic) bond motifs is 2. The number of aromatic nitrogens is 2. The van der Waals surface area contributed by atoms with E-state index in [2.05, 4.69) is 10.3 Å². The van der Waals surface area contributed by atoms with E-state index in [0.717, 1.165) is 34.6 Å². The van der Waals surface area contributed by atoms with E-state index in [1.54, 1.807) is 48.5 Å².